The van der Waals surface area contributed by atoms with Gasteiger partial charge in [-0.1, -0.05) is 6.07 Å². The zero-order valence-corrected chi connectivity index (χ0v) is 12.1. The van der Waals surface area contributed by atoms with Crippen molar-refractivity contribution in [1.29, 1.82) is 0 Å². The topological polar surface area (TPSA) is 90.4 Å². The number of ether oxygens (including phenoxy) is 1. The summed E-state index contributed by atoms with van der Waals surface area (Å²) in [5.41, 5.74) is 6.25. The largest absolute Gasteiger partial charge is 0.475 e. The Bertz CT molecular complexity index is 608. The van der Waals surface area contributed by atoms with E-state index in [0.717, 1.165) is 5.56 Å². The molecule has 112 valence electrons. The fourth-order valence-electron chi connectivity index (χ4n) is 1.76. The highest BCUT2D eigenvalue weighted by atomic mass is 16.5. The lowest BCUT2D eigenvalue weighted by Crippen LogP contribution is -2.23. The van der Waals surface area contributed by atoms with Crippen molar-refractivity contribution in [1.82, 2.24) is 10.3 Å². The highest BCUT2D eigenvalue weighted by Gasteiger charge is 2.12. The first kappa shape index (κ1) is 15.1. The monoisotopic (exact) mass is 289 g/mol. The van der Waals surface area contributed by atoms with Crippen LogP contribution in [0, 0.1) is 0 Å². The predicted molar refractivity (Wildman–Crippen MR) is 77.8 cm³/mol. The molecule has 0 aliphatic rings. The second kappa shape index (κ2) is 6.90. The SMILES string of the molecule is CC(C)Oc1ncccc1CNC(=O)c1ccc(CN)o1. The Labute approximate surface area is 123 Å². The van der Waals surface area contributed by atoms with Crippen molar-refractivity contribution in [2.75, 3.05) is 0 Å². The molecule has 0 atom stereocenters. The molecule has 0 fully saturated rings. The number of hydrogen-bond acceptors (Lipinski definition) is 5. The molecule has 0 saturated heterocycles. The molecule has 0 saturated carbocycles. The summed E-state index contributed by atoms with van der Waals surface area (Å²) in [6.45, 7) is 4.43. The quantitative estimate of drug-likeness (QED) is 0.847. The minimum atomic E-state index is -0.297. The normalized spacial score (nSPS) is 10.7. The number of furan rings is 1. The van der Waals surface area contributed by atoms with Gasteiger partial charge in [-0.15, -0.1) is 0 Å². The molecule has 6 heteroatoms. The van der Waals surface area contributed by atoms with Gasteiger partial charge in [0.2, 0.25) is 5.88 Å². The number of carbonyl (C=O) groups excluding carboxylic acids is 1. The number of nitrogens with two attached hydrogens (primary N) is 1. The van der Waals surface area contributed by atoms with Crippen molar-refractivity contribution >= 4 is 5.91 Å². The lowest BCUT2D eigenvalue weighted by atomic mass is 10.2. The summed E-state index contributed by atoms with van der Waals surface area (Å²) < 4.78 is 10.9. The zero-order chi connectivity index (χ0) is 15.2. The van der Waals surface area contributed by atoms with E-state index in [1.54, 1.807) is 24.4 Å². The van der Waals surface area contributed by atoms with Crippen molar-refractivity contribution in [2.45, 2.75) is 33.0 Å². The van der Waals surface area contributed by atoms with E-state index in [-0.39, 0.29) is 24.3 Å². The van der Waals surface area contributed by atoms with Gasteiger partial charge in [-0.05, 0) is 32.0 Å². The van der Waals surface area contributed by atoms with E-state index >= 15 is 0 Å². The molecule has 0 radical (unpaired) electrons. The average Bonchev–Trinajstić information content (AvgIpc) is 2.94. The molecule has 3 N–H and O–H groups in total. The maximum atomic E-state index is 12.0. The number of rotatable bonds is 6. The van der Waals surface area contributed by atoms with Crippen molar-refractivity contribution in [3.63, 3.8) is 0 Å². The molecule has 21 heavy (non-hydrogen) atoms. The number of hydrogen-bond donors (Lipinski definition) is 2. The Hall–Kier alpha value is -2.34. The van der Waals surface area contributed by atoms with E-state index in [1.807, 2.05) is 19.9 Å². The van der Waals surface area contributed by atoms with Gasteiger partial charge in [-0.25, -0.2) is 4.98 Å². The Kier molecular flexibility index (Phi) is 4.94. The van der Waals surface area contributed by atoms with Crippen LogP contribution in [0.25, 0.3) is 0 Å². The van der Waals surface area contributed by atoms with Gasteiger partial charge in [-0.3, -0.25) is 4.79 Å². The van der Waals surface area contributed by atoms with E-state index in [4.69, 9.17) is 14.9 Å². The van der Waals surface area contributed by atoms with Crippen LogP contribution in [0.3, 0.4) is 0 Å². The minimum absolute atomic E-state index is 0.0199. The summed E-state index contributed by atoms with van der Waals surface area (Å²) in [5.74, 6) is 1.04. The van der Waals surface area contributed by atoms with Crippen LogP contribution >= 0.6 is 0 Å². The van der Waals surface area contributed by atoms with Gasteiger partial charge in [0.15, 0.2) is 5.76 Å². The summed E-state index contributed by atoms with van der Waals surface area (Å²) >= 11 is 0. The molecule has 0 unspecified atom stereocenters. The van der Waals surface area contributed by atoms with Gasteiger partial charge < -0.3 is 20.2 Å². The molecule has 0 bridgehead atoms. The van der Waals surface area contributed by atoms with Gasteiger partial charge in [0.05, 0.1) is 12.6 Å². The van der Waals surface area contributed by atoms with Crippen LogP contribution < -0.4 is 15.8 Å². The minimum Gasteiger partial charge on any atom is -0.475 e. The first-order valence-corrected chi connectivity index (χ1v) is 6.77. The predicted octanol–water partition coefficient (Wildman–Crippen LogP) is 1.85. The van der Waals surface area contributed by atoms with Crippen molar-refractivity contribution < 1.29 is 13.9 Å². The van der Waals surface area contributed by atoms with E-state index in [1.165, 1.54) is 0 Å². The molecule has 6 nitrogen and oxygen atoms in total. The van der Waals surface area contributed by atoms with Gasteiger partial charge in [-0.2, -0.15) is 0 Å². The molecule has 2 heterocycles. The number of carbonyl (C=O) groups is 1. The van der Waals surface area contributed by atoms with Crippen molar-refractivity contribution in [2.24, 2.45) is 5.73 Å². The molecule has 2 aromatic rings. The average molecular weight is 289 g/mol. The molecule has 0 aromatic carbocycles. The Morgan fingerprint density at radius 3 is 2.90 bits per heavy atom. The summed E-state index contributed by atoms with van der Waals surface area (Å²) in [4.78, 5) is 16.1. The van der Waals surface area contributed by atoms with Crippen molar-refractivity contribution in [3.8, 4) is 5.88 Å². The third-order valence-electron chi connectivity index (χ3n) is 2.72. The summed E-state index contributed by atoms with van der Waals surface area (Å²) in [6, 6.07) is 6.95. The van der Waals surface area contributed by atoms with Gasteiger partial charge in [0.25, 0.3) is 5.91 Å². The Morgan fingerprint density at radius 2 is 2.24 bits per heavy atom. The Balaban J connectivity index is 2.01. The number of nitrogens with one attached hydrogen (secondary N) is 1. The standard InChI is InChI=1S/C15H19N3O3/c1-10(2)20-15-11(4-3-7-17-15)9-18-14(19)13-6-5-12(8-16)21-13/h3-7,10H,8-9,16H2,1-2H3,(H,18,19). The van der Waals surface area contributed by atoms with E-state index < -0.39 is 0 Å². The number of aromatic nitrogens is 1. The van der Waals surface area contributed by atoms with Crippen LogP contribution in [0.1, 0.15) is 35.7 Å². The second-order valence-electron chi connectivity index (χ2n) is 4.79. The smallest absolute Gasteiger partial charge is 0.287 e. The molecule has 0 aliphatic heterocycles. The summed E-state index contributed by atoms with van der Waals surface area (Å²) in [6.07, 6.45) is 1.68. The molecular weight excluding hydrogens is 270 g/mol. The molecule has 2 aromatic heterocycles. The van der Waals surface area contributed by atoms with Crippen LogP contribution in [0.2, 0.25) is 0 Å². The number of amides is 1. The second-order valence-corrected chi connectivity index (χ2v) is 4.79. The molecule has 2 rings (SSSR count). The highest BCUT2D eigenvalue weighted by Crippen LogP contribution is 2.16. The fraction of sp³-hybridized carbons (Fsp3) is 0.333. The maximum Gasteiger partial charge on any atom is 0.287 e. The lowest BCUT2D eigenvalue weighted by Gasteiger charge is -2.12. The van der Waals surface area contributed by atoms with Crippen LogP contribution in [-0.2, 0) is 13.1 Å². The van der Waals surface area contributed by atoms with Crippen LogP contribution in [0.4, 0.5) is 0 Å². The molecule has 0 aliphatic carbocycles. The van der Waals surface area contributed by atoms with Gasteiger partial charge in [0.1, 0.15) is 5.76 Å². The van der Waals surface area contributed by atoms with Gasteiger partial charge in [0, 0.05) is 18.3 Å². The van der Waals surface area contributed by atoms with Crippen LogP contribution in [-0.4, -0.2) is 17.0 Å². The first-order chi connectivity index (χ1) is 10.1. The summed E-state index contributed by atoms with van der Waals surface area (Å²) in [5, 5.41) is 2.77. The summed E-state index contributed by atoms with van der Waals surface area (Å²) in [7, 11) is 0. The number of nitrogens with zero attached hydrogens (tertiary/aromatic N) is 1. The lowest BCUT2D eigenvalue weighted by molar-refractivity contribution is 0.0921. The van der Waals surface area contributed by atoms with E-state index in [0.29, 0.717) is 18.2 Å². The van der Waals surface area contributed by atoms with Crippen LogP contribution in [0.15, 0.2) is 34.9 Å². The van der Waals surface area contributed by atoms with Crippen molar-refractivity contribution in [3.05, 3.63) is 47.5 Å². The van der Waals surface area contributed by atoms with Crippen LogP contribution in [0.5, 0.6) is 5.88 Å². The van der Waals surface area contributed by atoms with Gasteiger partial charge >= 0.3 is 0 Å². The highest BCUT2D eigenvalue weighted by molar-refractivity contribution is 5.91. The molecule has 0 spiro atoms. The third kappa shape index (κ3) is 4.06. The van der Waals surface area contributed by atoms with E-state index in [2.05, 4.69) is 10.3 Å². The molecule has 1 amide bonds. The number of pyridine rings is 1. The molecular formula is C15H19N3O3. The Morgan fingerprint density at radius 1 is 1.43 bits per heavy atom. The maximum absolute atomic E-state index is 12.0. The fourth-order valence-corrected chi connectivity index (χ4v) is 1.76. The zero-order valence-electron chi connectivity index (χ0n) is 12.1. The third-order valence-corrected chi connectivity index (χ3v) is 2.72. The first-order valence-electron chi connectivity index (χ1n) is 6.77. The van der Waals surface area contributed by atoms with E-state index in [9.17, 15) is 4.79 Å².